The summed E-state index contributed by atoms with van der Waals surface area (Å²) in [5, 5.41) is 3.87. The van der Waals surface area contributed by atoms with Gasteiger partial charge in [0.1, 0.15) is 6.29 Å². The number of nitrogens with two attached hydrogens (primary N) is 1. The summed E-state index contributed by atoms with van der Waals surface area (Å²) in [6.07, 6.45) is 3.92. The van der Waals surface area contributed by atoms with Crippen LogP contribution in [0, 0.1) is 34.6 Å². The highest BCUT2D eigenvalue weighted by Crippen LogP contribution is 2.02. The summed E-state index contributed by atoms with van der Waals surface area (Å²) in [7, 11) is 0. The van der Waals surface area contributed by atoms with Crippen molar-refractivity contribution in [3.63, 3.8) is 0 Å². The zero-order valence-corrected chi connectivity index (χ0v) is 11.3. The Kier molecular flexibility index (Phi) is 25.7. The highest BCUT2D eigenvalue weighted by atomic mass is 16.1. The van der Waals surface area contributed by atoms with E-state index in [0.29, 0.717) is 19.3 Å². The van der Waals surface area contributed by atoms with Gasteiger partial charge in [0.05, 0.1) is 26.7 Å². The number of carbonyl (C=O) groups excluding carboxylic acids is 2. The van der Waals surface area contributed by atoms with Crippen LogP contribution in [0.4, 0.5) is 0 Å². The number of hydrogen-bond acceptors (Lipinski definition) is 2. The molecule has 0 aliphatic heterocycles. The largest absolute Gasteiger partial charge is 0.650 e. The molecule has 4 nitrogen and oxygen atoms in total. The number of carbonyl (C=O) groups is 2. The van der Waals surface area contributed by atoms with Crippen molar-refractivity contribution in [1.29, 1.82) is 0 Å². The van der Waals surface area contributed by atoms with Crippen LogP contribution in [0.3, 0.4) is 0 Å². The Morgan fingerprint density at radius 3 is 1.94 bits per heavy atom. The summed E-state index contributed by atoms with van der Waals surface area (Å²) in [6.45, 7) is 17.9. The molecule has 0 radical (unpaired) electrons. The van der Waals surface area contributed by atoms with Crippen LogP contribution in [-0.2, 0) is 9.59 Å². The lowest BCUT2D eigenvalue weighted by Gasteiger charge is -2.22. The third-order valence-electron chi connectivity index (χ3n) is 1.34. The third kappa shape index (κ3) is 29.3. The number of amides is 1. The first-order valence-electron chi connectivity index (χ1n) is 5.90. The maximum atomic E-state index is 10.3. The topological polar surface area (TPSA) is 74.3 Å². The van der Waals surface area contributed by atoms with Gasteiger partial charge in [0.25, 0.3) is 0 Å². The quantitative estimate of drug-likeness (QED) is 0.560. The first kappa shape index (κ1) is 21.9. The predicted molar refractivity (Wildman–Crippen MR) is 77.1 cm³/mol. The van der Waals surface area contributed by atoms with Gasteiger partial charge in [0.2, 0.25) is 5.91 Å². The van der Waals surface area contributed by atoms with Gasteiger partial charge in [-0.05, 0) is 6.42 Å². The lowest BCUT2D eigenvalue weighted by Crippen LogP contribution is -2.21. The van der Waals surface area contributed by atoms with Crippen molar-refractivity contribution >= 4 is 12.2 Å². The van der Waals surface area contributed by atoms with Crippen LogP contribution in [0.5, 0.6) is 0 Å². The summed E-state index contributed by atoms with van der Waals surface area (Å²) < 4.78 is 0. The minimum absolute atomic E-state index is 0.00347. The van der Waals surface area contributed by atoms with Gasteiger partial charge >= 0.3 is 0 Å². The molecule has 1 amide bonds. The molecule has 0 aliphatic rings. The summed E-state index contributed by atoms with van der Waals surface area (Å²) in [6, 6.07) is -0.575. The third-order valence-corrected chi connectivity index (χ3v) is 1.34. The van der Waals surface area contributed by atoms with E-state index in [2.05, 4.69) is 39.9 Å². The fourth-order valence-electron chi connectivity index (χ4n) is 0.619. The number of primary amides is 1. The lowest BCUT2D eigenvalue weighted by molar-refractivity contribution is -0.120. The number of nitrogens with zero attached hydrogens (tertiary/aromatic N) is 1. The number of rotatable bonds is 7. The molecule has 0 bridgehead atoms. The van der Waals surface area contributed by atoms with Crippen molar-refractivity contribution in [2.75, 3.05) is 6.54 Å². The normalized spacial score (nSPS) is 10.1. The number of aldehydes is 1. The number of hydrogen-bond donors (Lipinski definition) is 1. The maximum Gasteiger partial charge on any atom is 0.216 e. The Morgan fingerprint density at radius 2 is 1.72 bits per heavy atom. The van der Waals surface area contributed by atoms with Crippen LogP contribution in [0.25, 0.3) is 5.32 Å². The Hall–Kier alpha value is -1.29. The molecule has 0 aromatic rings. The van der Waals surface area contributed by atoms with Gasteiger partial charge in [0, 0.05) is 13.3 Å². The van der Waals surface area contributed by atoms with Crippen LogP contribution in [0.15, 0.2) is 0 Å². The van der Waals surface area contributed by atoms with E-state index >= 15 is 0 Å². The highest BCUT2D eigenvalue weighted by molar-refractivity contribution is 5.79. The van der Waals surface area contributed by atoms with E-state index in [4.69, 9.17) is 5.73 Å². The molecule has 18 heavy (non-hydrogen) atoms. The van der Waals surface area contributed by atoms with Crippen LogP contribution < -0.4 is 5.73 Å². The molecular weight excluding hydrogens is 228 g/mol. The lowest BCUT2D eigenvalue weighted by atomic mass is 10.2. The standard InChI is InChI=1S/C7H12N2O2.C4H8.C3H6/c1-2-3-9-6(5-10)4-7(8)11;1-3-4-2;1-3-2/h5-6H,1-4H2,(H2,8,11);1-4H2;1-3H2/t6-;;/m1../s1. The molecular formula is C14H26N2O2. The Labute approximate surface area is 113 Å². The summed E-state index contributed by atoms with van der Waals surface area (Å²) in [4.78, 5) is 20.5. The fraction of sp³-hybridized carbons (Fsp3) is 0.500. The minimum atomic E-state index is -0.575. The SMILES string of the molecule is [CH2+]CC[CH2-].[CH2+]CC[N-][C@@H](C=O)CC(N)=O.[CH2+]C[CH2-]. The average Bonchev–Trinajstić information content (AvgIpc) is 2.35. The predicted octanol–water partition coefficient (Wildman–Crippen LogP) is 2.51. The molecule has 0 fully saturated rings. The van der Waals surface area contributed by atoms with Gasteiger partial charge in [-0.15, -0.1) is 13.0 Å². The Balaban J connectivity index is -0.000000266. The smallest absolute Gasteiger partial charge is 0.216 e. The van der Waals surface area contributed by atoms with Gasteiger partial charge in [-0.1, -0.05) is 6.04 Å². The van der Waals surface area contributed by atoms with Crippen molar-refractivity contribution in [1.82, 2.24) is 0 Å². The molecule has 104 valence electrons. The summed E-state index contributed by atoms with van der Waals surface area (Å²) in [5.74, 6) is -0.505. The van der Waals surface area contributed by atoms with E-state index in [1.54, 1.807) is 0 Å². The fourth-order valence-corrected chi connectivity index (χ4v) is 0.619. The van der Waals surface area contributed by atoms with Crippen LogP contribution in [-0.4, -0.2) is 24.8 Å². The van der Waals surface area contributed by atoms with Crippen LogP contribution in [0.1, 0.15) is 32.1 Å². The van der Waals surface area contributed by atoms with Crippen molar-refractivity contribution in [2.45, 2.75) is 38.1 Å². The van der Waals surface area contributed by atoms with Gasteiger partial charge in [-0.25, -0.2) is 0 Å². The van der Waals surface area contributed by atoms with Gasteiger partial charge in [-0.2, -0.15) is 0 Å². The molecule has 1 atom stereocenters. The maximum absolute atomic E-state index is 10.3. The van der Waals surface area contributed by atoms with E-state index in [0.717, 1.165) is 19.3 Å². The van der Waals surface area contributed by atoms with Crippen LogP contribution >= 0.6 is 0 Å². The molecule has 0 rings (SSSR count). The molecule has 0 saturated carbocycles. The van der Waals surface area contributed by atoms with E-state index in [-0.39, 0.29) is 6.42 Å². The Bertz CT molecular complexity index is 171. The molecule has 0 unspecified atom stereocenters. The molecule has 0 heterocycles. The molecule has 0 saturated heterocycles. The van der Waals surface area contributed by atoms with Crippen molar-refractivity contribution in [3.8, 4) is 0 Å². The van der Waals surface area contributed by atoms with Gasteiger partial charge in [0.15, 0.2) is 0 Å². The molecule has 0 aromatic heterocycles. The van der Waals surface area contributed by atoms with E-state index in [1.165, 1.54) is 0 Å². The van der Waals surface area contributed by atoms with Crippen molar-refractivity contribution < 1.29 is 9.59 Å². The van der Waals surface area contributed by atoms with Gasteiger partial charge in [-0.3, -0.25) is 11.7 Å². The highest BCUT2D eigenvalue weighted by Gasteiger charge is 1.99. The van der Waals surface area contributed by atoms with Crippen molar-refractivity contribution in [2.24, 2.45) is 5.73 Å². The van der Waals surface area contributed by atoms with Crippen molar-refractivity contribution in [3.05, 3.63) is 39.9 Å². The molecule has 2 N–H and O–H groups in total. The molecule has 0 spiro atoms. The molecule has 4 heteroatoms. The zero-order chi connectivity index (χ0) is 14.8. The van der Waals surface area contributed by atoms with Gasteiger partial charge < -0.3 is 22.8 Å². The molecule has 0 aromatic carbocycles. The number of unbranched alkanes of at least 4 members (excludes halogenated alkanes) is 1. The van der Waals surface area contributed by atoms with E-state index < -0.39 is 11.9 Å². The summed E-state index contributed by atoms with van der Waals surface area (Å²) in [5.41, 5.74) is 4.87. The van der Waals surface area contributed by atoms with E-state index in [1.807, 2.05) is 0 Å². The second-order valence-corrected chi connectivity index (χ2v) is 3.19. The zero-order valence-electron chi connectivity index (χ0n) is 11.3. The monoisotopic (exact) mass is 254 g/mol. The minimum Gasteiger partial charge on any atom is -0.650 e. The first-order valence-corrected chi connectivity index (χ1v) is 5.90. The summed E-state index contributed by atoms with van der Waals surface area (Å²) >= 11 is 0. The average molecular weight is 254 g/mol. The first-order chi connectivity index (χ1) is 8.53. The van der Waals surface area contributed by atoms with Crippen LogP contribution in [0.2, 0.25) is 0 Å². The second-order valence-electron chi connectivity index (χ2n) is 3.19. The Morgan fingerprint density at radius 1 is 1.28 bits per heavy atom. The second kappa shape index (κ2) is 21.0. The molecule has 0 aliphatic carbocycles. The van der Waals surface area contributed by atoms with E-state index in [9.17, 15) is 9.59 Å².